The standard InChI is InChI=1S/C9H20N4/c1-9(2,3)12-8(13-10)11-6-7-4-5-7/h7H,4-6,10H2,1-3H3,(H2,11,12,13). The predicted octanol–water partition coefficient (Wildman–Crippen LogP) is 0.604. The summed E-state index contributed by atoms with van der Waals surface area (Å²) in [5.74, 6) is 6.83. The van der Waals surface area contributed by atoms with Crippen LogP contribution in [0.1, 0.15) is 33.6 Å². The molecule has 0 aliphatic heterocycles. The van der Waals surface area contributed by atoms with Crippen LogP contribution in [-0.2, 0) is 0 Å². The Kier molecular flexibility index (Phi) is 3.14. The molecule has 0 aromatic carbocycles. The van der Waals surface area contributed by atoms with Gasteiger partial charge in [0, 0.05) is 12.1 Å². The number of nitrogens with one attached hydrogen (secondary N) is 2. The Balaban J connectivity index is 2.35. The van der Waals surface area contributed by atoms with Crippen LogP contribution in [0, 0.1) is 5.92 Å². The number of nitrogens with zero attached hydrogens (tertiary/aromatic N) is 1. The quantitative estimate of drug-likeness (QED) is 0.255. The lowest BCUT2D eigenvalue weighted by Crippen LogP contribution is -2.50. The summed E-state index contributed by atoms with van der Waals surface area (Å²) in [7, 11) is 0. The first-order valence-corrected chi connectivity index (χ1v) is 4.80. The number of hydrazine groups is 1. The number of guanidine groups is 1. The van der Waals surface area contributed by atoms with Gasteiger partial charge in [-0.15, -0.1) is 0 Å². The highest BCUT2D eigenvalue weighted by atomic mass is 15.3. The molecule has 1 aliphatic rings. The molecule has 0 aromatic heterocycles. The van der Waals surface area contributed by atoms with E-state index in [1.165, 1.54) is 12.8 Å². The molecule has 4 N–H and O–H groups in total. The Bertz CT molecular complexity index is 188. The SMILES string of the molecule is CC(C)(C)NC(=NCC1CC1)NN. The highest BCUT2D eigenvalue weighted by Crippen LogP contribution is 2.28. The van der Waals surface area contributed by atoms with Gasteiger partial charge in [0.05, 0.1) is 0 Å². The minimum absolute atomic E-state index is 0.00868. The van der Waals surface area contributed by atoms with Crippen molar-refractivity contribution in [1.82, 2.24) is 10.7 Å². The van der Waals surface area contributed by atoms with E-state index >= 15 is 0 Å². The van der Waals surface area contributed by atoms with E-state index in [4.69, 9.17) is 5.84 Å². The first kappa shape index (κ1) is 10.3. The maximum absolute atomic E-state index is 5.34. The van der Waals surface area contributed by atoms with E-state index in [-0.39, 0.29) is 5.54 Å². The molecule has 4 heteroatoms. The molecule has 0 amide bonds. The van der Waals surface area contributed by atoms with Crippen molar-refractivity contribution in [1.29, 1.82) is 0 Å². The van der Waals surface area contributed by atoms with Gasteiger partial charge in [0.25, 0.3) is 0 Å². The Hall–Kier alpha value is -0.770. The summed E-state index contributed by atoms with van der Waals surface area (Å²) in [4.78, 5) is 4.36. The largest absolute Gasteiger partial charge is 0.351 e. The zero-order valence-electron chi connectivity index (χ0n) is 8.72. The van der Waals surface area contributed by atoms with Gasteiger partial charge < -0.3 is 5.32 Å². The minimum atomic E-state index is 0.00868. The van der Waals surface area contributed by atoms with E-state index in [9.17, 15) is 0 Å². The van der Waals surface area contributed by atoms with E-state index in [1.54, 1.807) is 0 Å². The summed E-state index contributed by atoms with van der Waals surface area (Å²) in [6, 6.07) is 0. The van der Waals surface area contributed by atoms with E-state index in [2.05, 4.69) is 36.5 Å². The molecular formula is C9H20N4. The van der Waals surface area contributed by atoms with Crippen molar-refractivity contribution >= 4 is 5.96 Å². The topological polar surface area (TPSA) is 62.4 Å². The molecule has 0 spiro atoms. The van der Waals surface area contributed by atoms with Crippen LogP contribution in [0.15, 0.2) is 4.99 Å². The van der Waals surface area contributed by atoms with Crippen LogP contribution in [0.25, 0.3) is 0 Å². The molecule has 0 bridgehead atoms. The first-order valence-electron chi connectivity index (χ1n) is 4.80. The molecule has 1 fully saturated rings. The van der Waals surface area contributed by atoms with Crippen LogP contribution in [0.3, 0.4) is 0 Å². The molecule has 76 valence electrons. The fourth-order valence-corrected chi connectivity index (χ4v) is 0.997. The average molecular weight is 184 g/mol. The smallest absolute Gasteiger partial charge is 0.206 e. The van der Waals surface area contributed by atoms with Gasteiger partial charge >= 0.3 is 0 Å². The minimum Gasteiger partial charge on any atom is -0.351 e. The molecule has 0 unspecified atom stereocenters. The van der Waals surface area contributed by atoms with Crippen LogP contribution >= 0.6 is 0 Å². The number of rotatable bonds is 2. The second kappa shape index (κ2) is 3.96. The third-order valence-electron chi connectivity index (χ3n) is 1.83. The van der Waals surface area contributed by atoms with Crippen molar-refractivity contribution in [2.45, 2.75) is 39.2 Å². The second-order valence-corrected chi connectivity index (χ2v) is 4.65. The van der Waals surface area contributed by atoms with Gasteiger partial charge in [0.2, 0.25) is 5.96 Å². The number of aliphatic imine (C=N–C) groups is 1. The molecule has 0 aromatic rings. The van der Waals surface area contributed by atoms with Crippen molar-refractivity contribution < 1.29 is 0 Å². The monoisotopic (exact) mass is 184 g/mol. The fourth-order valence-electron chi connectivity index (χ4n) is 0.997. The van der Waals surface area contributed by atoms with Crippen LogP contribution < -0.4 is 16.6 Å². The summed E-state index contributed by atoms with van der Waals surface area (Å²) < 4.78 is 0. The normalized spacial score (nSPS) is 18.6. The fraction of sp³-hybridized carbons (Fsp3) is 0.889. The van der Waals surface area contributed by atoms with Crippen molar-refractivity contribution in [2.24, 2.45) is 16.8 Å². The van der Waals surface area contributed by atoms with Gasteiger partial charge in [0.15, 0.2) is 0 Å². The van der Waals surface area contributed by atoms with Crippen molar-refractivity contribution in [2.75, 3.05) is 6.54 Å². The molecule has 1 saturated carbocycles. The summed E-state index contributed by atoms with van der Waals surface area (Å²) in [6.07, 6.45) is 2.63. The van der Waals surface area contributed by atoms with E-state index < -0.39 is 0 Å². The zero-order chi connectivity index (χ0) is 9.90. The van der Waals surface area contributed by atoms with Gasteiger partial charge in [-0.25, -0.2) is 5.84 Å². The predicted molar refractivity (Wildman–Crippen MR) is 55.2 cm³/mol. The molecule has 13 heavy (non-hydrogen) atoms. The molecule has 0 radical (unpaired) electrons. The highest BCUT2D eigenvalue weighted by Gasteiger charge is 2.21. The van der Waals surface area contributed by atoms with E-state index in [1.807, 2.05) is 0 Å². The van der Waals surface area contributed by atoms with Gasteiger partial charge in [-0.1, -0.05) is 0 Å². The van der Waals surface area contributed by atoms with Crippen LogP contribution in [-0.4, -0.2) is 18.0 Å². The summed E-state index contributed by atoms with van der Waals surface area (Å²) in [5.41, 5.74) is 2.59. The van der Waals surface area contributed by atoms with E-state index in [0.29, 0.717) is 5.96 Å². The Morgan fingerprint density at radius 3 is 2.46 bits per heavy atom. The molecule has 4 nitrogen and oxygen atoms in total. The summed E-state index contributed by atoms with van der Waals surface area (Å²) in [6.45, 7) is 7.13. The van der Waals surface area contributed by atoms with Crippen LogP contribution in [0.2, 0.25) is 0 Å². The maximum Gasteiger partial charge on any atom is 0.206 e. The molecule has 1 aliphatic carbocycles. The number of nitrogens with two attached hydrogens (primary N) is 1. The third kappa shape index (κ3) is 4.72. The Labute approximate surface area is 80.0 Å². The lowest BCUT2D eigenvalue weighted by Gasteiger charge is -2.22. The lowest BCUT2D eigenvalue weighted by atomic mass is 10.1. The van der Waals surface area contributed by atoms with Gasteiger partial charge in [-0.2, -0.15) is 0 Å². The summed E-state index contributed by atoms with van der Waals surface area (Å²) >= 11 is 0. The first-order chi connectivity index (χ1) is 6.01. The third-order valence-corrected chi connectivity index (χ3v) is 1.83. The zero-order valence-corrected chi connectivity index (χ0v) is 8.72. The molecule has 0 atom stereocenters. The van der Waals surface area contributed by atoms with Crippen molar-refractivity contribution in [3.05, 3.63) is 0 Å². The lowest BCUT2D eigenvalue weighted by molar-refractivity contribution is 0.501. The average Bonchev–Trinajstić information content (AvgIpc) is 2.78. The molecular weight excluding hydrogens is 164 g/mol. The summed E-state index contributed by atoms with van der Waals surface area (Å²) in [5, 5.41) is 3.20. The molecule has 0 heterocycles. The molecule has 0 saturated heterocycles. The maximum atomic E-state index is 5.34. The second-order valence-electron chi connectivity index (χ2n) is 4.65. The Morgan fingerprint density at radius 2 is 2.08 bits per heavy atom. The highest BCUT2D eigenvalue weighted by molar-refractivity contribution is 5.79. The van der Waals surface area contributed by atoms with Gasteiger partial charge in [0.1, 0.15) is 0 Å². The molecule has 1 rings (SSSR count). The van der Waals surface area contributed by atoms with Crippen LogP contribution in [0.4, 0.5) is 0 Å². The van der Waals surface area contributed by atoms with E-state index in [0.717, 1.165) is 12.5 Å². The Morgan fingerprint density at radius 1 is 1.46 bits per heavy atom. The van der Waals surface area contributed by atoms with Crippen LogP contribution in [0.5, 0.6) is 0 Å². The van der Waals surface area contributed by atoms with Gasteiger partial charge in [-0.3, -0.25) is 10.4 Å². The number of hydrogen-bond acceptors (Lipinski definition) is 2. The van der Waals surface area contributed by atoms with Gasteiger partial charge in [-0.05, 0) is 39.5 Å². The number of hydrogen-bond donors (Lipinski definition) is 3. The van der Waals surface area contributed by atoms with Crippen molar-refractivity contribution in [3.8, 4) is 0 Å². The van der Waals surface area contributed by atoms with Crippen molar-refractivity contribution in [3.63, 3.8) is 0 Å².